The molecule has 0 saturated carbocycles. The van der Waals surface area contributed by atoms with E-state index in [1.807, 2.05) is 0 Å². The molecular formula is C18H30N6O3. The fourth-order valence-electron chi connectivity index (χ4n) is 3.07. The Labute approximate surface area is 160 Å². The minimum Gasteiger partial charge on any atom is -0.352 e. The number of hydrogen-bond donors (Lipinski definition) is 3. The van der Waals surface area contributed by atoms with Gasteiger partial charge in [0, 0.05) is 44.5 Å². The average Bonchev–Trinajstić information content (AvgIpc) is 3.17. The molecule has 0 aliphatic carbocycles. The van der Waals surface area contributed by atoms with Crippen LogP contribution in [0.15, 0.2) is 12.4 Å². The van der Waals surface area contributed by atoms with Crippen molar-refractivity contribution >= 4 is 17.8 Å². The predicted molar refractivity (Wildman–Crippen MR) is 102 cm³/mol. The van der Waals surface area contributed by atoms with Crippen molar-refractivity contribution in [2.45, 2.75) is 44.6 Å². The zero-order valence-corrected chi connectivity index (χ0v) is 16.1. The Balaban J connectivity index is 1.66. The first-order valence-corrected chi connectivity index (χ1v) is 9.46. The summed E-state index contributed by atoms with van der Waals surface area (Å²) < 4.78 is 0. The normalized spacial score (nSPS) is 16.6. The number of aromatic nitrogens is 2. The molecule has 2 heterocycles. The van der Waals surface area contributed by atoms with Crippen molar-refractivity contribution in [3.05, 3.63) is 18.0 Å². The molecular weight excluding hydrogens is 348 g/mol. The molecule has 1 saturated heterocycles. The number of likely N-dealkylation sites (N-methyl/N-ethyl adjacent to an activating group) is 1. The quantitative estimate of drug-likeness (QED) is 0.314. The maximum absolute atomic E-state index is 12.1. The Bertz CT molecular complexity index is 608. The van der Waals surface area contributed by atoms with E-state index < -0.39 is 0 Å². The number of unbranched alkanes of at least 4 members (excludes halogenated alkanes) is 3. The molecule has 1 fully saturated rings. The number of nitrogens with one attached hydrogen (secondary N) is 2. The van der Waals surface area contributed by atoms with Gasteiger partial charge in [0.15, 0.2) is 0 Å². The Morgan fingerprint density at radius 1 is 1.22 bits per heavy atom. The van der Waals surface area contributed by atoms with E-state index in [4.69, 9.17) is 5.21 Å². The first-order valence-electron chi connectivity index (χ1n) is 9.46. The van der Waals surface area contributed by atoms with Crippen molar-refractivity contribution in [1.82, 2.24) is 25.7 Å². The van der Waals surface area contributed by atoms with Crippen molar-refractivity contribution in [1.29, 1.82) is 0 Å². The summed E-state index contributed by atoms with van der Waals surface area (Å²) in [6, 6.07) is 0.509. The highest BCUT2D eigenvalue weighted by Crippen LogP contribution is 2.18. The minimum atomic E-state index is -0.363. The van der Waals surface area contributed by atoms with E-state index in [0.29, 0.717) is 30.5 Å². The van der Waals surface area contributed by atoms with Gasteiger partial charge in [0.25, 0.3) is 5.91 Å². The number of carbonyl (C=O) groups is 2. The second-order valence-corrected chi connectivity index (χ2v) is 7.08. The Kier molecular flexibility index (Phi) is 8.41. The molecule has 9 heteroatoms. The first-order chi connectivity index (χ1) is 13.0. The molecule has 1 aromatic heterocycles. The van der Waals surface area contributed by atoms with E-state index >= 15 is 0 Å². The zero-order chi connectivity index (χ0) is 19.6. The summed E-state index contributed by atoms with van der Waals surface area (Å²) in [4.78, 5) is 36.1. The van der Waals surface area contributed by atoms with Gasteiger partial charge in [-0.15, -0.1) is 0 Å². The van der Waals surface area contributed by atoms with Crippen molar-refractivity contribution < 1.29 is 14.8 Å². The number of nitrogens with zero attached hydrogens (tertiary/aromatic N) is 4. The third kappa shape index (κ3) is 6.76. The standard InChI is InChI=1S/C18H30N6O3/c1-23(2)15-8-10-24(13-15)18-20-11-14(12-21-18)17(26)19-9-6-4-3-5-7-16(25)22-27/h11-12,15,27H,3-10,13H2,1-2H3,(H,19,26)(H,22,25)/t15-/m1/s1. The van der Waals surface area contributed by atoms with Gasteiger partial charge >= 0.3 is 0 Å². The van der Waals surface area contributed by atoms with Crippen molar-refractivity contribution in [3.63, 3.8) is 0 Å². The molecule has 0 radical (unpaired) electrons. The van der Waals surface area contributed by atoms with Gasteiger partial charge in [0.05, 0.1) is 5.56 Å². The number of hydrogen-bond acceptors (Lipinski definition) is 7. The van der Waals surface area contributed by atoms with Crippen LogP contribution in [0.5, 0.6) is 0 Å². The number of anilines is 1. The molecule has 1 aromatic rings. The maximum atomic E-state index is 12.1. The van der Waals surface area contributed by atoms with Crippen LogP contribution in [-0.4, -0.2) is 71.7 Å². The number of carbonyl (C=O) groups excluding carboxylic acids is 2. The lowest BCUT2D eigenvalue weighted by Gasteiger charge is -2.20. The highest BCUT2D eigenvalue weighted by atomic mass is 16.5. The fourth-order valence-corrected chi connectivity index (χ4v) is 3.07. The average molecular weight is 378 g/mol. The molecule has 1 aliphatic heterocycles. The number of rotatable bonds is 10. The lowest BCUT2D eigenvalue weighted by atomic mass is 10.1. The summed E-state index contributed by atoms with van der Waals surface area (Å²) in [5, 5.41) is 11.3. The summed E-state index contributed by atoms with van der Waals surface area (Å²) in [6.45, 7) is 2.40. The SMILES string of the molecule is CN(C)[C@@H]1CCN(c2ncc(C(=O)NCCCCCCC(=O)NO)cn2)C1. The Hall–Kier alpha value is -2.26. The monoisotopic (exact) mass is 378 g/mol. The van der Waals surface area contributed by atoms with Crippen molar-refractivity contribution in [2.24, 2.45) is 0 Å². The van der Waals surface area contributed by atoms with Gasteiger partial charge in [-0.3, -0.25) is 14.8 Å². The zero-order valence-electron chi connectivity index (χ0n) is 16.1. The molecule has 1 aliphatic rings. The summed E-state index contributed by atoms with van der Waals surface area (Å²) >= 11 is 0. The third-order valence-electron chi connectivity index (χ3n) is 4.82. The summed E-state index contributed by atoms with van der Waals surface area (Å²) in [5.74, 6) is 0.134. The Morgan fingerprint density at radius 2 is 1.93 bits per heavy atom. The van der Waals surface area contributed by atoms with Crippen LogP contribution in [0.4, 0.5) is 5.95 Å². The van der Waals surface area contributed by atoms with Crippen molar-refractivity contribution in [2.75, 3.05) is 38.6 Å². The number of hydroxylamine groups is 1. The van der Waals surface area contributed by atoms with Crippen LogP contribution < -0.4 is 15.7 Å². The van der Waals surface area contributed by atoms with Crippen LogP contribution in [-0.2, 0) is 4.79 Å². The van der Waals surface area contributed by atoms with Gasteiger partial charge in [-0.1, -0.05) is 12.8 Å². The second-order valence-electron chi connectivity index (χ2n) is 7.08. The Morgan fingerprint density at radius 3 is 2.56 bits per heavy atom. The highest BCUT2D eigenvalue weighted by molar-refractivity contribution is 5.93. The molecule has 0 unspecified atom stereocenters. The van der Waals surface area contributed by atoms with Gasteiger partial charge in [0.2, 0.25) is 11.9 Å². The molecule has 2 rings (SSSR count). The van der Waals surface area contributed by atoms with E-state index in [9.17, 15) is 9.59 Å². The maximum Gasteiger partial charge on any atom is 0.254 e. The van der Waals surface area contributed by atoms with Crippen LogP contribution in [0, 0.1) is 0 Å². The fraction of sp³-hybridized carbons (Fsp3) is 0.667. The second kappa shape index (κ2) is 10.8. The summed E-state index contributed by atoms with van der Waals surface area (Å²) in [5.41, 5.74) is 2.08. The molecule has 1 atom stereocenters. The molecule has 0 bridgehead atoms. The molecule has 27 heavy (non-hydrogen) atoms. The topological polar surface area (TPSA) is 111 Å². The molecule has 9 nitrogen and oxygen atoms in total. The van der Waals surface area contributed by atoms with Crippen LogP contribution in [0.2, 0.25) is 0 Å². The van der Waals surface area contributed by atoms with E-state index in [1.165, 1.54) is 0 Å². The van der Waals surface area contributed by atoms with Gasteiger partial charge in [-0.25, -0.2) is 15.4 Å². The summed E-state index contributed by atoms with van der Waals surface area (Å²) in [6.07, 6.45) is 7.91. The lowest BCUT2D eigenvalue weighted by Crippen LogP contribution is -2.32. The van der Waals surface area contributed by atoms with Gasteiger partial charge in [-0.2, -0.15) is 0 Å². The lowest BCUT2D eigenvalue weighted by molar-refractivity contribution is -0.129. The minimum absolute atomic E-state index is 0.172. The molecule has 2 amide bonds. The molecule has 3 N–H and O–H groups in total. The van der Waals surface area contributed by atoms with E-state index in [-0.39, 0.29) is 11.8 Å². The van der Waals surface area contributed by atoms with Gasteiger partial charge < -0.3 is 15.1 Å². The van der Waals surface area contributed by atoms with E-state index in [1.54, 1.807) is 17.9 Å². The van der Waals surface area contributed by atoms with Crippen LogP contribution in [0.3, 0.4) is 0 Å². The van der Waals surface area contributed by atoms with Gasteiger partial charge in [0.1, 0.15) is 0 Å². The molecule has 0 aromatic carbocycles. The summed E-state index contributed by atoms with van der Waals surface area (Å²) in [7, 11) is 4.16. The molecule has 0 spiro atoms. The van der Waals surface area contributed by atoms with Crippen LogP contribution in [0.1, 0.15) is 48.9 Å². The third-order valence-corrected chi connectivity index (χ3v) is 4.82. The first kappa shape index (κ1) is 21.0. The smallest absolute Gasteiger partial charge is 0.254 e. The largest absolute Gasteiger partial charge is 0.352 e. The van der Waals surface area contributed by atoms with E-state index in [0.717, 1.165) is 45.2 Å². The molecule has 150 valence electrons. The predicted octanol–water partition coefficient (Wildman–Crippen LogP) is 0.803. The highest BCUT2D eigenvalue weighted by Gasteiger charge is 2.25. The van der Waals surface area contributed by atoms with Crippen LogP contribution in [0.25, 0.3) is 0 Å². The van der Waals surface area contributed by atoms with Gasteiger partial charge in [-0.05, 0) is 33.4 Å². The van der Waals surface area contributed by atoms with Crippen LogP contribution >= 0.6 is 0 Å². The number of amides is 2. The van der Waals surface area contributed by atoms with Crippen molar-refractivity contribution in [3.8, 4) is 0 Å². The van der Waals surface area contributed by atoms with E-state index in [2.05, 4.69) is 39.2 Å².